The molecule has 0 aliphatic carbocycles. The van der Waals surface area contributed by atoms with Gasteiger partial charge in [-0.3, -0.25) is 0 Å². The molecule has 2 rings (SSSR count). The molecule has 2 aromatic carbocycles. The number of benzene rings is 2. The van der Waals surface area contributed by atoms with Gasteiger partial charge in [-0.15, -0.1) is 0 Å². The van der Waals surface area contributed by atoms with E-state index in [0.717, 1.165) is 0 Å². The number of rotatable bonds is 0. The number of hydrogen-bond donors (Lipinski definition) is 2. The summed E-state index contributed by atoms with van der Waals surface area (Å²) in [5, 5.41) is 17.3. The first-order chi connectivity index (χ1) is 6.79. The van der Waals surface area contributed by atoms with Crippen LogP contribution in [0.2, 0.25) is 0 Å². The van der Waals surface area contributed by atoms with Crippen LogP contribution in [0.4, 0.5) is 0 Å². The molecule has 0 amide bonds. The average molecular weight is 266 g/mol. The minimum atomic E-state index is 0. The predicted octanol–water partition coefficient (Wildman–Crippen LogP) is 1.60. The van der Waals surface area contributed by atoms with E-state index in [-0.39, 0.29) is 18.0 Å². The van der Waals surface area contributed by atoms with Crippen molar-refractivity contribution < 1.29 is 10.2 Å². The van der Waals surface area contributed by atoms with Crippen molar-refractivity contribution in [2.75, 3.05) is 0 Å². The molecule has 0 fully saturated rings. The summed E-state index contributed by atoms with van der Waals surface area (Å²) in [6.07, 6.45) is 0. The fourth-order valence-corrected chi connectivity index (χ4v) is 0.856. The van der Waals surface area contributed by atoms with Gasteiger partial charge in [-0.2, -0.15) is 0 Å². The summed E-state index contributed by atoms with van der Waals surface area (Å²) in [5.41, 5.74) is 0. The Kier molecular flexibility index (Phi) is 7.21. The Morgan fingerprint density at radius 3 is 0.933 bits per heavy atom. The van der Waals surface area contributed by atoms with Crippen LogP contribution >= 0.6 is 0 Å². The van der Waals surface area contributed by atoms with E-state index in [1.807, 2.05) is 12.1 Å². The molecule has 0 spiro atoms. The van der Waals surface area contributed by atoms with Gasteiger partial charge in [-0.1, -0.05) is 36.4 Å². The van der Waals surface area contributed by atoms with Crippen LogP contribution in [0.5, 0.6) is 11.5 Å². The first-order valence-electron chi connectivity index (χ1n) is 4.27. The van der Waals surface area contributed by atoms with E-state index < -0.39 is 0 Å². The Morgan fingerprint density at radius 2 is 0.800 bits per heavy atom. The Bertz CT molecular complexity index is 311. The summed E-state index contributed by atoms with van der Waals surface area (Å²) < 4.78 is 0. The maximum atomic E-state index is 8.63. The number of hydrogen-bond acceptors (Lipinski definition) is 2. The zero-order valence-electron chi connectivity index (χ0n) is 8.38. The SMILES string of the molecule is Oc1ccccc1.Oc1ccccc1.[AsH3]. The Morgan fingerprint density at radius 1 is 0.533 bits per heavy atom. The van der Waals surface area contributed by atoms with Gasteiger partial charge in [-0.25, -0.2) is 0 Å². The molecule has 3 heteroatoms. The second-order valence-corrected chi connectivity index (χ2v) is 2.67. The van der Waals surface area contributed by atoms with Crippen molar-refractivity contribution in [3.63, 3.8) is 0 Å². The summed E-state index contributed by atoms with van der Waals surface area (Å²) in [4.78, 5) is 0. The van der Waals surface area contributed by atoms with Crippen molar-refractivity contribution in [3.05, 3.63) is 60.7 Å². The van der Waals surface area contributed by atoms with E-state index in [1.165, 1.54) is 0 Å². The molecule has 0 aromatic heterocycles. The molecular weight excluding hydrogens is 251 g/mol. The molecule has 2 nitrogen and oxygen atoms in total. The zero-order valence-corrected chi connectivity index (χ0v) is 11.3. The van der Waals surface area contributed by atoms with E-state index in [0.29, 0.717) is 11.5 Å². The van der Waals surface area contributed by atoms with Crippen molar-refractivity contribution in [2.45, 2.75) is 0 Å². The molecule has 2 aromatic rings. The molecule has 0 bridgehead atoms. The number of phenolic OH excluding ortho intramolecular Hbond substituents is 2. The Labute approximate surface area is 101 Å². The van der Waals surface area contributed by atoms with Crippen LogP contribution in [0.15, 0.2) is 60.7 Å². The van der Waals surface area contributed by atoms with Gasteiger partial charge in [0, 0.05) is 0 Å². The van der Waals surface area contributed by atoms with Crippen LogP contribution in [-0.4, -0.2) is 28.2 Å². The first kappa shape index (κ1) is 13.6. The Balaban J connectivity index is 0.000000245. The fraction of sp³-hybridized carbons (Fsp3) is 0. The molecule has 15 heavy (non-hydrogen) atoms. The second-order valence-electron chi connectivity index (χ2n) is 2.67. The summed E-state index contributed by atoms with van der Waals surface area (Å²) in [6.45, 7) is 0. The van der Waals surface area contributed by atoms with Crippen LogP contribution in [0.25, 0.3) is 0 Å². The third-order valence-corrected chi connectivity index (χ3v) is 1.51. The van der Waals surface area contributed by atoms with Gasteiger partial charge in [0.1, 0.15) is 11.5 Å². The van der Waals surface area contributed by atoms with Crippen molar-refractivity contribution in [1.82, 2.24) is 0 Å². The molecular formula is C12H15AsO2. The number of para-hydroxylation sites is 2. The monoisotopic (exact) mass is 266 g/mol. The van der Waals surface area contributed by atoms with Gasteiger partial charge in [0.05, 0.1) is 0 Å². The molecule has 0 radical (unpaired) electrons. The summed E-state index contributed by atoms with van der Waals surface area (Å²) in [6, 6.07) is 17.4. The van der Waals surface area contributed by atoms with Gasteiger partial charge in [0.25, 0.3) is 0 Å². The summed E-state index contributed by atoms with van der Waals surface area (Å²) >= 11 is 0. The summed E-state index contributed by atoms with van der Waals surface area (Å²) in [7, 11) is 0. The number of phenols is 2. The maximum absolute atomic E-state index is 8.63. The van der Waals surface area contributed by atoms with Crippen molar-refractivity contribution >= 4 is 18.0 Å². The quantitative estimate of drug-likeness (QED) is 0.711. The first-order valence-corrected chi connectivity index (χ1v) is 4.27. The van der Waals surface area contributed by atoms with E-state index in [4.69, 9.17) is 10.2 Å². The molecule has 0 saturated heterocycles. The van der Waals surface area contributed by atoms with E-state index in [9.17, 15) is 0 Å². The van der Waals surface area contributed by atoms with E-state index in [1.54, 1.807) is 48.5 Å². The normalized spacial score (nSPS) is 8.00. The molecule has 0 heterocycles. The van der Waals surface area contributed by atoms with Gasteiger partial charge < -0.3 is 10.2 Å². The topological polar surface area (TPSA) is 40.5 Å². The van der Waals surface area contributed by atoms with Crippen molar-refractivity contribution in [3.8, 4) is 11.5 Å². The molecule has 0 saturated carbocycles. The molecule has 0 aliphatic heterocycles. The van der Waals surface area contributed by atoms with Gasteiger partial charge in [0.15, 0.2) is 0 Å². The van der Waals surface area contributed by atoms with Crippen molar-refractivity contribution in [1.29, 1.82) is 0 Å². The molecule has 0 aliphatic rings. The van der Waals surface area contributed by atoms with Crippen LogP contribution in [0, 0.1) is 0 Å². The average Bonchev–Trinajstić information content (AvgIpc) is 2.21. The van der Waals surface area contributed by atoms with Gasteiger partial charge >= 0.3 is 18.0 Å². The minimum absolute atomic E-state index is 0. The number of aromatic hydroxyl groups is 2. The third-order valence-electron chi connectivity index (χ3n) is 1.51. The zero-order chi connectivity index (χ0) is 10.2. The molecule has 1 unspecified atom stereocenters. The van der Waals surface area contributed by atoms with Crippen molar-refractivity contribution in [2.24, 2.45) is 0 Å². The molecule has 1 atom stereocenters. The third kappa shape index (κ3) is 6.64. The van der Waals surface area contributed by atoms with Gasteiger partial charge in [-0.05, 0) is 24.3 Å². The molecule has 2 N–H and O–H groups in total. The van der Waals surface area contributed by atoms with Crippen LogP contribution in [0.1, 0.15) is 0 Å². The Hall–Kier alpha value is -1.40. The van der Waals surface area contributed by atoms with Gasteiger partial charge in [0.2, 0.25) is 0 Å². The fourth-order valence-electron chi connectivity index (χ4n) is 0.856. The van der Waals surface area contributed by atoms with Crippen LogP contribution in [0.3, 0.4) is 0 Å². The van der Waals surface area contributed by atoms with Crippen LogP contribution < -0.4 is 0 Å². The predicted molar refractivity (Wildman–Crippen MR) is 66.2 cm³/mol. The second kappa shape index (κ2) is 7.95. The summed E-state index contributed by atoms with van der Waals surface area (Å²) in [5.74, 6) is 0.644. The standard InChI is InChI=1S/2C6H6O.AsH3/c2*7-6-4-2-1-3-5-6;/h2*1-5,7H;1H3. The van der Waals surface area contributed by atoms with E-state index in [2.05, 4.69) is 0 Å². The van der Waals surface area contributed by atoms with E-state index >= 15 is 0 Å². The van der Waals surface area contributed by atoms with Crippen LogP contribution in [-0.2, 0) is 0 Å². The molecule has 80 valence electrons.